The summed E-state index contributed by atoms with van der Waals surface area (Å²) in [6.45, 7) is 1.65. The Balaban J connectivity index is 1.59. The van der Waals surface area contributed by atoms with E-state index in [9.17, 15) is 13.2 Å². The van der Waals surface area contributed by atoms with Crippen LogP contribution in [-0.2, 0) is 21.4 Å². The van der Waals surface area contributed by atoms with E-state index in [4.69, 9.17) is 20.8 Å². The highest BCUT2D eigenvalue weighted by molar-refractivity contribution is 9.10. The fourth-order valence-corrected chi connectivity index (χ4v) is 4.21. The maximum absolute atomic E-state index is 12.4. The van der Waals surface area contributed by atoms with E-state index in [0.717, 1.165) is 0 Å². The van der Waals surface area contributed by atoms with Crippen LogP contribution in [0.4, 0.5) is 5.69 Å². The number of nitrogens with one attached hydrogen (secondary N) is 2. The largest absolute Gasteiger partial charge is 0.480 e. The van der Waals surface area contributed by atoms with Gasteiger partial charge in [-0.2, -0.15) is 0 Å². The minimum absolute atomic E-state index is 0.0446. The van der Waals surface area contributed by atoms with Crippen LogP contribution in [0.25, 0.3) is 0 Å². The first-order valence-electron chi connectivity index (χ1n) is 8.79. The molecule has 0 spiro atoms. The summed E-state index contributed by atoms with van der Waals surface area (Å²) >= 11 is 9.23. The molecule has 2 N–H and O–H groups in total. The molecule has 10 heteroatoms. The van der Waals surface area contributed by atoms with Crippen molar-refractivity contribution in [2.45, 2.75) is 24.5 Å². The van der Waals surface area contributed by atoms with Crippen molar-refractivity contribution in [2.75, 3.05) is 5.32 Å². The van der Waals surface area contributed by atoms with E-state index in [1.54, 1.807) is 37.3 Å². The summed E-state index contributed by atoms with van der Waals surface area (Å²) in [4.78, 5) is 12.5. The third kappa shape index (κ3) is 5.85. The highest BCUT2D eigenvalue weighted by Crippen LogP contribution is 2.29. The number of hydrogen-bond acceptors (Lipinski definition) is 5. The Bertz CT molecular complexity index is 1120. The molecule has 2 aromatic carbocycles. The number of hydrogen-bond donors (Lipinski definition) is 2. The molecule has 0 radical (unpaired) electrons. The lowest BCUT2D eigenvalue weighted by molar-refractivity contribution is -0.122. The zero-order valence-electron chi connectivity index (χ0n) is 15.8. The van der Waals surface area contributed by atoms with E-state index >= 15 is 0 Å². The average molecular weight is 514 g/mol. The molecule has 3 aromatic rings. The zero-order valence-corrected chi connectivity index (χ0v) is 18.9. The molecule has 1 heterocycles. The van der Waals surface area contributed by atoms with Crippen molar-refractivity contribution in [3.8, 4) is 5.75 Å². The van der Waals surface area contributed by atoms with Crippen LogP contribution in [0.2, 0.25) is 5.02 Å². The summed E-state index contributed by atoms with van der Waals surface area (Å²) in [6, 6.07) is 14.2. The third-order valence-electron chi connectivity index (χ3n) is 4.02. The second-order valence-electron chi connectivity index (χ2n) is 6.25. The van der Waals surface area contributed by atoms with Gasteiger partial charge in [0.15, 0.2) is 6.10 Å². The van der Waals surface area contributed by atoms with Gasteiger partial charge in [0.05, 0.1) is 22.2 Å². The van der Waals surface area contributed by atoms with Gasteiger partial charge in [0.25, 0.3) is 5.91 Å². The minimum Gasteiger partial charge on any atom is -0.480 e. The predicted molar refractivity (Wildman–Crippen MR) is 117 cm³/mol. The molecule has 1 amide bonds. The van der Waals surface area contributed by atoms with Gasteiger partial charge in [-0.15, -0.1) is 0 Å². The molecular formula is C20H18BrClN2O5S. The Hall–Kier alpha value is -2.33. The van der Waals surface area contributed by atoms with Crippen LogP contribution in [0.5, 0.6) is 5.75 Å². The number of benzene rings is 2. The number of amides is 1. The first-order chi connectivity index (χ1) is 14.2. The molecule has 158 valence electrons. The van der Waals surface area contributed by atoms with E-state index in [1.165, 1.54) is 30.5 Å². The van der Waals surface area contributed by atoms with Gasteiger partial charge >= 0.3 is 0 Å². The van der Waals surface area contributed by atoms with Crippen molar-refractivity contribution in [3.05, 3.63) is 76.1 Å². The Morgan fingerprint density at radius 3 is 2.57 bits per heavy atom. The predicted octanol–water partition coefficient (Wildman–Crippen LogP) is 4.58. The Kier molecular flexibility index (Phi) is 7.19. The summed E-state index contributed by atoms with van der Waals surface area (Å²) in [5, 5.41) is 3.23. The lowest BCUT2D eigenvalue weighted by atomic mass is 10.3. The molecule has 0 aliphatic heterocycles. The van der Waals surface area contributed by atoms with Gasteiger partial charge in [0.1, 0.15) is 11.5 Å². The summed E-state index contributed by atoms with van der Waals surface area (Å²) in [7, 11) is -3.71. The number of carbonyl (C=O) groups excluding carboxylic acids is 1. The van der Waals surface area contributed by atoms with Gasteiger partial charge in [-0.1, -0.05) is 11.6 Å². The molecule has 30 heavy (non-hydrogen) atoms. The first kappa shape index (κ1) is 22.4. The number of rotatable bonds is 8. The first-order valence-corrected chi connectivity index (χ1v) is 11.4. The van der Waals surface area contributed by atoms with Crippen LogP contribution >= 0.6 is 27.5 Å². The Labute approximate surface area is 187 Å². The maximum Gasteiger partial charge on any atom is 0.265 e. The van der Waals surface area contributed by atoms with E-state index < -0.39 is 16.1 Å². The van der Waals surface area contributed by atoms with Crippen LogP contribution in [0.15, 0.2) is 74.6 Å². The van der Waals surface area contributed by atoms with E-state index in [0.29, 0.717) is 26.7 Å². The van der Waals surface area contributed by atoms with Crippen molar-refractivity contribution < 1.29 is 22.4 Å². The molecule has 1 aromatic heterocycles. The van der Waals surface area contributed by atoms with Gasteiger partial charge < -0.3 is 14.5 Å². The lowest BCUT2D eigenvalue weighted by Crippen LogP contribution is -2.30. The quantitative estimate of drug-likeness (QED) is 0.459. The minimum atomic E-state index is -3.71. The summed E-state index contributed by atoms with van der Waals surface area (Å²) < 4.78 is 38.5. The monoisotopic (exact) mass is 512 g/mol. The van der Waals surface area contributed by atoms with Crippen LogP contribution in [0.1, 0.15) is 12.7 Å². The van der Waals surface area contributed by atoms with Crippen molar-refractivity contribution in [1.82, 2.24) is 4.72 Å². The molecule has 1 atom stereocenters. The molecule has 3 rings (SSSR count). The Morgan fingerprint density at radius 2 is 1.93 bits per heavy atom. The highest BCUT2D eigenvalue weighted by atomic mass is 79.9. The van der Waals surface area contributed by atoms with Gasteiger partial charge in [0.2, 0.25) is 10.0 Å². The Morgan fingerprint density at radius 1 is 1.20 bits per heavy atom. The smallest absolute Gasteiger partial charge is 0.265 e. The number of halogens is 2. The second-order valence-corrected chi connectivity index (χ2v) is 9.31. The molecule has 0 saturated heterocycles. The summed E-state index contributed by atoms with van der Waals surface area (Å²) in [6.07, 6.45) is 0.679. The molecule has 1 unspecified atom stereocenters. The van der Waals surface area contributed by atoms with Gasteiger partial charge in [-0.25, -0.2) is 13.1 Å². The van der Waals surface area contributed by atoms with Crippen LogP contribution in [0.3, 0.4) is 0 Å². The van der Waals surface area contributed by atoms with Crippen molar-refractivity contribution in [3.63, 3.8) is 0 Å². The third-order valence-corrected chi connectivity index (χ3v) is 6.29. The van der Waals surface area contributed by atoms with Crippen molar-refractivity contribution in [1.29, 1.82) is 0 Å². The van der Waals surface area contributed by atoms with Crippen LogP contribution in [-0.4, -0.2) is 20.4 Å². The van der Waals surface area contributed by atoms with E-state index in [1.807, 2.05) is 0 Å². The van der Waals surface area contributed by atoms with E-state index in [-0.39, 0.29) is 17.3 Å². The normalized spacial score (nSPS) is 12.4. The molecule has 0 aliphatic carbocycles. The molecule has 0 fully saturated rings. The van der Waals surface area contributed by atoms with Crippen LogP contribution in [0, 0.1) is 0 Å². The van der Waals surface area contributed by atoms with E-state index in [2.05, 4.69) is 26.0 Å². The number of furan rings is 1. The summed E-state index contributed by atoms with van der Waals surface area (Å²) in [5.41, 5.74) is 0.440. The zero-order chi connectivity index (χ0) is 21.7. The average Bonchev–Trinajstić information content (AvgIpc) is 3.23. The highest BCUT2D eigenvalue weighted by Gasteiger charge is 2.18. The number of ether oxygens (including phenoxy) is 1. The van der Waals surface area contributed by atoms with Gasteiger partial charge in [-0.3, -0.25) is 4.79 Å². The van der Waals surface area contributed by atoms with Crippen molar-refractivity contribution in [2.24, 2.45) is 0 Å². The topological polar surface area (TPSA) is 97.6 Å². The molecule has 0 aliphatic rings. The van der Waals surface area contributed by atoms with Gasteiger partial charge in [-0.05, 0) is 77.5 Å². The molecule has 7 nitrogen and oxygen atoms in total. The summed E-state index contributed by atoms with van der Waals surface area (Å²) in [5.74, 6) is 0.596. The number of sulfonamides is 1. The molecular weight excluding hydrogens is 496 g/mol. The SMILES string of the molecule is CC(Oc1ccc(Cl)cc1Br)C(=O)Nc1ccc(S(=O)(=O)NCc2ccco2)cc1. The maximum atomic E-state index is 12.4. The van der Waals surface area contributed by atoms with Crippen LogP contribution < -0.4 is 14.8 Å². The van der Waals surface area contributed by atoms with Gasteiger partial charge in [0, 0.05) is 10.7 Å². The molecule has 0 bridgehead atoms. The van der Waals surface area contributed by atoms with Crippen molar-refractivity contribution >= 4 is 49.1 Å². The fourth-order valence-electron chi connectivity index (χ4n) is 2.44. The number of carbonyl (C=O) groups is 1. The molecule has 0 saturated carbocycles. The standard InChI is InChI=1S/C20H18BrClN2O5S/c1-13(29-19-9-4-14(22)11-18(19)21)20(25)24-15-5-7-17(8-6-15)30(26,27)23-12-16-3-2-10-28-16/h2-11,13,23H,12H2,1H3,(H,24,25). The number of anilines is 1. The fraction of sp³-hybridized carbons (Fsp3) is 0.150. The lowest BCUT2D eigenvalue weighted by Gasteiger charge is -2.16. The second kappa shape index (κ2) is 9.65.